The first-order chi connectivity index (χ1) is 14.2. The Morgan fingerprint density at radius 3 is 2.76 bits per heavy atom. The molecule has 3 rings (SSSR count). The summed E-state index contributed by atoms with van der Waals surface area (Å²) in [5, 5.41) is 11.2. The smallest absolute Gasteiger partial charge is 0.407 e. The van der Waals surface area contributed by atoms with Crippen molar-refractivity contribution in [3.63, 3.8) is 0 Å². The maximum atomic E-state index is 11.8. The average Bonchev–Trinajstić information content (AvgIpc) is 3.18. The van der Waals surface area contributed by atoms with Gasteiger partial charge in [-0.2, -0.15) is 0 Å². The van der Waals surface area contributed by atoms with Gasteiger partial charge < -0.3 is 20.5 Å². The summed E-state index contributed by atoms with van der Waals surface area (Å²) in [6, 6.07) is 15.7. The van der Waals surface area contributed by atoms with Crippen molar-refractivity contribution < 1.29 is 14.3 Å². The molecule has 0 spiro atoms. The summed E-state index contributed by atoms with van der Waals surface area (Å²) >= 11 is 0. The Morgan fingerprint density at radius 1 is 1.14 bits per heavy atom. The van der Waals surface area contributed by atoms with Crippen molar-refractivity contribution in [2.45, 2.75) is 32.5 Å². The molecule has 154 valence electrons. The number of amides is 1. The summed E-state index contributed by atoms with van der Waals surface area (Å²) in [6.07, 6.45) is 0.241. The van der Waals surface area contributed by atoms with E-state index in [1.807, 2.05) is 59.9 Å². The zero-order valence-corrected chi connectivity index (χ0v) is 16.6. The van der Waals surface area contributed by atoms with Gasteiger partial charge in [-0.15, -0.1) is 10.2 Å². The molecule has 0 saturated carbocycles. The number of alkyl carbamates (subject to hydrolysis) is 1. The van der Waals surface area contributed by atoms with Crippen LogP contribution in [0.15, 0.2) is 48.5 Å². The van der Waals surface area contributed by atoms with Gasteiger partial charge in [-0.1, -0.05) is 43.3 Å². The summed E-state index contributed by atoms with van der Waals surface area (Å²) in [6.45, 7) is 4.22. The van der Waals surface area contributed by atoms with Crippen LogP contribution >= 0.6 is 0 Å². The number of ether oxygens (including phenoxy) is 2. The topological polar surface area (TPSA) is 104 Å². The molecule has 1 aromatic carbocycles. The minimum atomic E-state index is -0.468. The number of carbonyl (C=O) groups is 1. The standard InChI is InChI=1S/C21H27N5O3/c1-16(13-28-14-17-7-3-2-4-8-17)20-25-24-19-10-5-9-18(26(19)20)15-29-21(27)23-12-6-11-22/h2-5,7-10,16H,6,11-15,22H2,1H3,(H,23,27). The number of carbonyl (C=O) groups excluding carboxylic acids is 1. The van der Waals surface area contributed by atoms with Crippen molar-refractivity contribution in [1.29, 1.82) is 0 Å². The van der Waals surface area contributed by atoms with Crippen LogP contribution in [0.3, 0.4) is 0 Å². The number of nitrogens with two attached hydrogens (primary N) is 1. The zero-order valence-electron chi connectivity index (χ0n) is 16.6. The van der Waals surface area contributed by atoms with E-state index in [1.165, 1.54) is 0 Å². The van der Waals surface area contributed by atoms with Gasteiger partial charge in [0.1, 0.15) is 12.4 Å². The molecule has 0 saturated heterocycles. The van der Waals surface area contributed by atoms with Crippen molar-refractivity contribution in [1.82, 2.24) is 19.9 Å². The minimum absolute atomic E-state index is 0.0215. The number of aromatic nitrogens is 3. The molecule has 2 aromatic heterocycles. The number of nitrogens with zero attached hydrogens (tertiary/aromatic N) is 3. The SMILES string of the molecule is CC(COCc1ccccc1)c1nnc2cccc(COC(=O)NCCCN)n12. The van der Waals surface area contributed by atoms with Gasteiger partial charge in [-0.25, -0.2) is 4.79 Å². The van der Waals surface area contributed by atoms with Crippen molar-refractivity contribution in [2.24, 2.45) is 5.73 Å². The molecule has 0 radical (unpaired) electrons. The van der Waals surface area contributed by atoms with Crippen molar-refractivity contribution in [3.8, 4) is 0 Å². The highest BCUT2D eigenvalue weighted by molar-refractivity contribution is 5.67. The summed E-state index contributed by atoms with van der Waals surface area (Å²) in [4.78, 5) is 11.8. The molecular formula is C21H27N5O3. The van der Waals surface area contributed by atoms with E-state index >= 15 is 0 Å². The second-order valence-corrected chi connectivity index (χ2v) is 6.82. The molecule has 0 aliphatic heterocycles. The molecule has 29 heavy (non-hydrogen) atoms. The fraction of sp³-hybridized carbons (Fsp3) is 0.381. The maximum absolute atomic E-state index is 11.8. The van der Waals surface area contributed by atoms with Gasteiger partial charge in [-0.05, 0) is 30.7 Å². The molecule has 0 bridgehead atoms. The number of hydrogen-bond acceptors (Lipinski definition) is 6. The molecule has 8 heteroatoms. The number of rotatable bonds is 10. The Morgan fingerprint density at radius 2 is 1.97 bits per heavy atom. The molecule has 0 aliphatic rings. The normalized spacial score (nSPS) is 12.1. The van der Waals surface area contributed by atoms with Gasteiger partial charge in [0, 0.05) is 12.5 Å². The van der Waals surface area contributed by atoms with Crippen molar-refractivity contribution in [2.75, 3.05) is 19.7 Å². The van der Waals surface area contributed by atoms with E-state index in [2.05, 4.69) is 15.5 Å². The fourth-order valence-corrected chi connectivity index (χ4v) is 2.95. The molecular weight excluding hydrogens is 370 g/mol. The van der Waals surface area contributed by atoms with Gasteiger partial charge in [0.2, 0.25) is 0 Å². The Labute approximate surface area is 170 Å². The molecule has 0 fully saturated rings. The highest BCUT2D eigenvalue weighted by atomic mass is 16.5. The molecule has 1 atom stereocenters. The third-order valence-electron chi connectivity index (χ3n) is 4.46. The van der Waals surface area contributed by atoms with E-state index in [1.54, 1.807) is 0 Å². The summed E-state index contributed by atoms with van der Waals surface area (Å²) in [5.74, 6) is 0.795. The van der Waals surface area contributed by atoms with Gasteiger partial charge >= 0.3 is 6.09 Å². The Balaban J connectivity index is 1.63. The summed E-state index contributed by atoms with van der Waals surface area (Å²) in [7, 11) is 0. The van der Waals surface area contributed by atoms with Crippen LogP contribution in [-0.4, -0.2) is 40.4 Å². The van der Waals surface area contributed by atoms with Gasteiger partial charge in [0.25, 0.3) is 0 Å². The van der Waals surface area contributed by atoms with E-state index < -0.39 is 6.09 Å². The molecule has 0 aliphatic carbocycles. The van der Waals surface area contributed by atoms with E-state index in [4.69, 9.17) is 15.2 Å². The number of fused-ring (bicyclic) bond motifs is 1. The van der Waals surface area contributed by atoms with Gasteiger partial charge in [0.15, 0.2) is 5.65 Å². The first-order valence-electron chi connectivity index (χ1n) is 9.74. The molecule has 2 heterocycles. The minimum Gasteiger partial charge on any atom is -0.443 e. The third kappa shape index (κ3) is 5.75. The molecule has 1 unspecified atom stereocenters. The largest absolute Gasteiger partial charge is 0.443 e. The van der Waals surface area contributed by atoms with Crippen LogP contribution in [0.1, 0.15) is 36.3 Å². The lowest BCUT2D eigenvalue weighted by atomic mass is 10.2. The monoisotopic (exact) mass is 397 g/mol. The molecule has 3 N–H and O–H groups in total. The molecule has 8 nitrogen and oxygen atoms in total. The van der Waals surface area contributed by atoms with E-state index in [9.17, 15) is 4.79 Å². The zero-order chi connectivity index (χ0) is 20.5. The first kappa shape index (κ1) is 20.8. The Bertz CT molecular complexity index is 913. The van der Waals surface area contributed by atoms with Crippen LogP contribution in [0.5, 0.6) is 0 Å². The first-order valence-corrected chi connectivity index (χ1v) is 9.74. The van der Waals surface area contributed by atoms with Crippen LogP contribution < -0.4 is 11.1 Å². The predicted molar refractivity (Wildman–Crippen MR) is 109 cm³/mol. The number of benzene rings is 1. The van der Waals surface area contributed by atoms with E-state index in [0.29, 0.717) is 38.4 Å². The van der Waals surface area contributed by atoms with Gasteiger partial charge in [-0.3, -0.25) is 4.40 Å². The number of hydrogen-bond donors (Lipinski definition) is 2. The predicted octanol–water partition coefficient (Wildman–Crippen LogP) is 2.62. The van der Waals surface area contributed by atoms with Crippen LogP contribution in [0.2, 0.25) is 0 Å². The summed E-state index contributed by atoms with van der Waals surface area (Å²) in [5.41, 5.74) is 8.05. The number of pyridine rings is 1. The second kappa shape index (κ2) is 10.5. The van der Waals surface area contributed by atoms with Crippen LogP contribution in [0.4, 0.5) is 4.79 Å². The van der Waals surface area contributed by atoms with E-state index in [-0.39, 0.29) is 12.5 Å². The van der Waals surface area contributed by atoms with E-state index in [0.717, 1.165) is 17.1 Å². The molecule has 1 amide bonds. The van der Waals surface area contributed by atoms with Crippen LogP contribution in [0.25, 0.3) is 5.65 Å². The lowest BCUT2D eigenvalue weighted by Gasteiger charge is -2.14. The third-order valence-corrected chi connectivity index (χ3v) is 4.46. The van der Waals surface area contributed by atoms with Crippen LogP contribution in [-0.2, 0) is 22.7 Å². The Kier molecular flexibility index (Phi) is 7.54. The van der Waals surface area contributed by atoms with Crippen molar-refractivity contribution >= 4 is 11.7 Å². The quantitative estimate of drug-likeness (QED) is 0.510. The fourth-order valence-electron chi connectivity index (χ4n) is 2.95. The molecule has 3 aromatic rings. The highest BCUT2D eigenvalue weighted by Gasteiger charge is 2.17. The van der Waals surface area contributed by atoms with Gasteiger partial charge in [0.05, 0.1) is 18.9 Å². The Hall–Kier alpha value is -2.97. The maximum Gasteiger partial charge on any atom is 0.407 e. The lowest BCUT2D eigenvalue weighted by Crippen LogP contribution is -2.26. The lowest BCUT2D eigenvalue weighted by molar-refractivity contribution is 0.108. The van der Waals surface area contributed by atoms with Crippen LogP contribution in [0, 0.1) is 0 Å². The van der Waals surface area contributed by atoms with Crippen molar-refractivity contribution in [3.05, 3.63) is 65.6 Å². The summed E-state index contributed by atoms with van der Waals surface area (Å²) < 4.78 is 13.1. The average molecular weight is 397 g/mol. The highest BCUT2D eigenvalue weighted by Crippen LogP contribution is 2.18. The second-order valence-electron chi connectivity index (χ2n) is 6.82. The number of nitrogens with one attached hydrogen (secondary N) is 1.